The molecule has 0 unspecified atom stereocenters. The van der Waals surface area contributed by atoms with E-state index in [1.807, 2.05) is 50.2 Å². The van der Waals surface area contributed by atoms with E-state index >= 15 is 0 Å². The molecule has 0 aliphatic heterocycles. The number of hydrogen-bond acceptors (Lipinski definition) is 2. The van der Waals surface area contributed by atoms with E-state index in [0.29, 0.717) is 10.6 Å². The summed E-state index contributed by atoms with van der Waals surface area (Å²) in [4.78, 5) is 14.2. The van der Waals surface area contributed by atoms with Crippen molar-refractivity contribution in [2.75, 3.05) is 11.9 Å². The summed E-state index contributed by atoms with van der Waals surface area (Å²) in [6.45, 7) is 4.01. The van der Waals surface area contributed by atoms with Crippen LogP contribution >= 0.6 is 24.2 Å². The van der Waals surface area contributed by atoms with Gasteiger partial charge in [-0.25, -0.2) is 0 Å². The van der Waals surface area contributed by atoms with Gasteiger partial charge in [0.2, 0.25) is 0 Å². The van der Waals surface area contributed by atoms with Gasteiger partial charge in [-0.3, -0.25) is 4.79 Å². The molecule has 0 saturated carbocycles. The van der Waals surface area contributed by atoms with Gasteiger partial charge in [-0.1, -0.05) is 23.7 Å². The van der Waals surface area contributed by atoms with Crippen molar-refractivity contribution in [1.82, 2.24) is 0 Å². The predicted molar refractivity (Wildman–Crippen MR) is 92.6 cm³/mol. The van der Waals surface area contributed by atoms with Crippen LogP contribution in [-0.4, -0.2) is 13.0 Å². The van der Waals surface area contributed by atoms with Crippen molar-refractivity contribution in [2.24, 2.45) is 0 Å². The van der Waals surface area contributed by atoms with Crippen LogP contribution in [0.2, 0.25) is 5.02 Å². The van der Waals surface area contributed by atoms with Gasteiger partial charge in [-0.2, -0.15) is 12.6 Å². The van der Waals surface area contributed by atoms with Crippen LogP contribution in [0.4, 0.5) is 5.69 Å². The highest BCUT2D eigenvalue weighted by Crippen LogP contribution is 2.28. The number of halogens is 1. The molecule has 110 valence electrons. The van der Waals surface area contributed by atoms with Crippen LogP contribution < -0.4 is 4.90 Å². The summed E-state index contributed by atoms with van der Waals surface area (Å²) in [6.07, 6.45) is 0. The van der Waals surface area contributed by atoms with E-state index in [1.54, 1.807) is 24.1 Å². The Morgan fingerprint density at radius 1 is 1.14 bits per heavy atom. The lowest BCUT2D eigenvalue weighted by Crippen LogP contribution is -2.26. The number of carbonyl (C=O) groups excluding carboxylic acids is 1. The molecule has 4 heteroatoms. The van der Waals surface area contributed by atoms with E-state index in [-0.39, 0.29) is 10.7 Å². The van der Waals surface area contributed by atoms with Gasteiger partial charge in [0.1, 0.15) is 0 Å². The lowest BCUT2D eigenvalue weighted by Gasteiger charge is -2.21. The molecule has 2 nitrogen and oxygen atoms in total. The Kier molecular flexibility index (Phi) is 4.64. The van der Waals surface area contributed by atoms with E-state index in [0.717, 1.165) is 11.3 Å². The molecular formula is C17H18ClNOS. The summed E-state index contributed by atoms with van der Waals surface area (Å²) >= 11 is 10.4. The Morgan fingerprint density at radius 3 is 2.33 bits per heavy atom. The number of anilines is 1. The van der Waals surface area contributed by atoms with Crippen molar-refractivity contribution < 1.29 is 4.79 Å². The highest BCUT2D eigenvalue weighted by Gasteiger charge is 2.18. The first-order chi connectivity index (χ1) is 9.79. The molecule has 0 aliphatic rings. The van der Waals surface area contributed by atoms with Crippen molar-refractivity contribution in [3.05, 3.63) is 64.7 Å². The molecule has 2 rings (SSSR count). The van der Waals surface area contributed by atoms with E-state index in [2.05, 4.69) is 12.6 Å². The van der Waals surface area contributed by atoms with Crippen LogP contribution in [0.1, 0.15) is 29.8 Å². The summed E-state index contributed by atoms with van der Waals surface area (Å²) in [5, 5.41) is 0.651. The van der Waals surface area contributed by atoms with Gasteiger partial charge in [0.05, 0.1) is 0 Å². The number of thiol groups is 1. The average Bonchev–Trinajstić information content (AvgIpc) is 2.46. The molecule has 0 fully saturated rings. The quantitative estimate of drug-likeness (QED) is 0.807. The van der Waals surface area contributed by atoms with Crippen LogP contribution in [0.5, 0.6) is 0 Å². The third-order valence-corrected chi connectivity index (χ3v) is 3.84. The van der Waals surface area contributed by atoms with Gasteiger partial charge in [0, 0.05) is 28.1 Å². The fraction of sp³-hybridized carbons (Fsp3) is 0.235. The second kappa shape index (κ2) is 6.12. The zero-order valence-corrected chi connectivity index (χ0v) is 13.9. The van der Waals surface area contributed by atoms with Gasteiger partial charge in [-0.05, 0) is 55.8 Å². The summed E-state index contributed by atoms with van der Waals surface area (Å²) < 4.78 is -0.283. The maximum Gasteiger partial charge on any atom is 0.258 e. The van der Waals surface area contributed by atoms with Gasteiger partial charge in [0.15, 0.2) is 0 Å². The monoisotopic (exact) mass is 319 g/mol. The van der Waals surface area contributed by atoms with Gasteiger partial charge >= 0.3 is 0 Å². The summed E-state index contributed by atoms with van der Waals surface area (Å²) in [7, 11) is 1.75. The van der Waals surface area contributed by atoms with E-state index in [9.17, 15) is 4.79 Å². The fourth-order valence-corrected chi connectivity index (χ4v) is 2.27. The van der Waals surface area contributed by atoms with Gasteiger partial charge < -0.3 is 4.90 Å². The number of amides is 1. The molecule has 0 radical (unpaired) electrons. The van der Waals surface area contributed by atoms with E-state index < -0.39 is 0 Å². The second-order valence-corrected chi connectivity index (χ2v) is 7.03. The first kappa shape index (κ1) is 15.9. The smallest absolute Gasteiger partial charge is 0.258 e. The number of carbonyl (C=O) groups is 1. The third-order valence-electron chi connectivity index (χ3n) is 3.33. The number of benzene rings is 2. The molecular weight excluding hydrogens is 302 g/mol. The van der Waals surface area contributed by atoms with Crippen molar-refractivity contribution >= 4 is 35.8 Å². The minimum atomic E-state index is -0.283. The molecule has 0 heterocycles. The zero-order chi connectivity index (χ0) is 15.6. The van der Waals surface area contributed by atoms with Crippen LogP contribution in [0.25, 0.3) is 0 Å². The Balaban J connectivity index is 2.29. The Hall–Kier alpha value is -1.45. The lowest BCUT2D eigenvalue weighted by molar-refractivity contribution is 0.0993. The molecule has 0 aliphatic carbocycles. The average molecular weight is 320 g/mol. The van der Waals surface area contributed by atoms with Crippen LogP contribution in [0.15, 0.2) is 48.5 Å². The first-order valence-electron chi connectivity index (χ1n) is 6.65. The minimum Gasteiger partial charge on any atom is -0.311 e. The summed E-state index contributed by atoms with van der Waals surface area (Å²) in [5.41, 5.74) is 2.47. The number of rotatable bonds is 3. The van der Waals surface area contributed by atoms with Crippen molar-refractivity contribution in [3.8, 4) is 0 Å². The molecule has 0 spiro atoms. The molecule has 0 bridgehead atoms. The molecule has 0 atom stereocenters. The molecule has 1 amide bonds. The molecule has 0 N–H and O–H groups in total. The van der Waals surface area contributed by atoms with Gasteiger partial charge in [-0.15, -0.1) is 0 Å². The molecule has 0 aromatic heterocycles. The molecule has 0 saturated heterocycles. The number of nitrogens with zero attached hydrogens (tertiary/aromatic N) is 1. The Bertz CT molecular complexity index is 647. The summed E-state index contributed by atoms with van der Waals surface area (Å²) in [5.74, 6) is -0.0586. The zero-order valence-electron chi connectivity index (χ0n) is 12.3. The second-order valence-electron chi connectivity index (χ2n) is 5.48. The molecule has 2 aromatic carbocycles. The third kappa shape index (κ3) is 3.80. The largest absolute Gasteiger partial charge is 0.311 e. The topological polar surface area (TPSA) is 20.3 Å². The Labute approximate surface area is 136 Å². The van der Waals surface area contributed by atoms with Crippen molar-refractivity contribution in [2.45, 2.75) is 18.6 Å². The van der Waals surface area contributed by atoms with Crippen LogP contribution in [0, 0.1) is 0 Å². The minimum absolute atomic E-state index is 0.0586. The SMILES string of the molecule is CN(C(=O)c1cccc(C(C)(C)S)c1)c1ccc(Cl)cc1. The highest BCUT2D eigenvalue weighted by molar-refractivity contribution is 7.81. The van der Waals surface area contributed by atoms with Crippen LogP contribution in [0.3, 0.4) is 0 Å². The van der Waals surface area contributed by atoms with E-state index in [1.165, 1.54) is 0 Å². The van der Waals surface area contributed by atoms with Crippen molar-refractivity contribution in [1.29, 1.82) is 0 Å². The maximum atomic E-state index is 12.6. The van der Waals surface area contributed by atoms with Crippen molar-refractivity contribution in [3.63, 3.8) is 0 Å². The normalized spacial score (nSPS) is 11.3. The standard InChI is InChI=1S/C17H18ClNOS/c1-17(2,21)13-6-4-5-12(11-13)16(20)19(3)15-9-7-14(18)8-10-15/h4-11,21H,1-3H3. The lowest BCUT2D eigenvalue weighted by atomic mass is 9.99. The summed E-state index contributed by atoms with van der Waals surface area (Å²) in [6, 6.07) is 14.8. The first-order valence-corrected chi connectivity index (χ1v) is 7.48. The fourth-order valence-electron chi connectivity index (χ4n) is 2.01. The highest BCUT2D eigenvalue weighted by atomic mass is 35.5. The van der Waals surface area contributed by atoms with E-state index in [4.69, 9.17) is 11.6 Å². The predicted octanol–water partition coefficient (Wildman–Crippen LogP) is 4.78. The maximum absolute atomic E-state index is 12.6. The molecule has 2 aromatic rings. The number of hydrogen-bond donors (Lipinski definition) is 1. The molecule has 21 heavy (non-hydrogen) atoms. The van der Waals surface area contributed by atoms with Gasteiger partial charge in [0.25, 0.3) is 5.91 Å². The Morgan fingerprint density at radius 2 is 1.76 bits per heavy atom. The van der Waals surface area contributed by atoms with Crippen LogP contribution in [-0.2, 0) is 4.75 Å².